The number of carbonyl (C=O) groups excluding carboxylic acids is 1. The molecule has 5 heteroatoms. The van der Waals surface area contributed by atoms with Crippen molar-refractivity contribution < 1.29 is 13.9 Å². The Balaban J connectivity index is 2.13. The van der Waals surface area contributed by atoms with Gasteiger partial charge in [0.15, 0.2) is 5.69 Å². The van der Waals surface area contributed by atoms with Crippen LogP contribution < -0.4 is 0 Å². The number of nitrogens with one attached hydrogen (secondary N) is 1. The van der Waals surface area contributed by atoms with Crippen LogP contribution in [0.3, 0.4) is 0 Å². The van der Waals surface area contributed by atoms with Crippen molar-refractivity contribution in [2.24, 2.45) is 0 Å². The van der Waals surface area contributed by atoms with E-state index < -0.39 is 5.97 Å². The number of aromatic amines is 1. The molecule has 0 saturated heterocycles. The summed E-state index contributed by atoms with van der Waals surface area (Å²) < 4.78 is 17.9. The van der Waals surface area contributed by atoms with E-state index in [-0.39, 0.29) is 11.5 Å². The number of H-pyrrole nitrogens is 1. The maximum atomic E-state index is 13.1. The molecule has 0 aliphatic rings. The number of hydrogen-bond donors (Lipinski definition) is 1. The van der Waals surface area contributed by atoms with Gasteiger partial charge in [-0.1, -0.05) is 30.3 Å². The number of imidazole rings is 1. The molecule has 0 atom stereocenters. The summed E-state index contributed by atoms with van der Waals surface area (Å²) in [5, 5.41) is 0. The van der Waals surface area contributed by atoms with Crippen LogP contribution in [0.4, 0.5) is 4.39 Å². The van der Waals surface area contributed by atoms with Gasteiger partial charge in [-0.3, -0.25) is 0 Å². The van der Waals surface area contributed by atoms with Crippen LogP contribution >= 0.6 is 0 Å². The number of benzene rings is 2. The molecule has 110 valence electrons. The lowest BCUT2D eigenvalue weighted by atomic mass is 10.1. The molecule has 0 fully saturated rings. The van der Waals surface area contributed by atoms with E-state index in [9.17, 15) is 9.18 Å². The number of rotatable bonds is 3. The molecule has 3 rings (SSSR count). The number of halogens is 1. The van der Waals surface area contributed by atoms with Gasteiger partial charge in [0, 0.05) is 11.1 Å². The van der Waals surface area contributed by atoms with Crippen LogP contribution in [0.15, 0.2) is 54.6 Å². The zero-order chi connectivity index (χ0) is 15.5. The fourth-order valence-corrected chi connectivity index (χ4v) is 2.18. The van der Waals surface area contributed by atoms with E-state index in [0.29, 0.717) is 17.1 Å². The molecule has 0 radical (unpaired) electrons. The number of ether oxygens (including phenoxy) is 1. The average Bonchev–Trinajstić information content (AvgIpc) is 3.01. The molecule has 1 N–H and O–H groups in total. The van der Waals surface area contributed by atoms with Crippen LogP contribution in [0.1, 0.15) is 10.5 Å². The molecule has 0 amide bonds. The highest BCUT2D eigenvalue weighted by Gasteiger charge is 2.20. The van der Waals surface area contributed by atoms with Crippen LogP contribution in [-0.2, 0) is 4.74 Å². The van der Waals surface area contributed by atoms with Crippen molar-refractivity contribution in [2.75, 3.05) is 7.11 Å². The molecule has 3 aromatic rings. The van der Waals surface area contributed by atoms with E-state index in [1.807, 2.05) is 30.3 Å². The summed E-state index contributed by atoms with van der Waals surface area (Å²) in [4.78, 5) is 19.4. The Kier molecular flexibility index (Phi) is 3.70. The maximum absolute atomic E-state index is 13.1. The predicted octanol–water partition coefficient (Wildman–Crippen LogP) is 3.67. The summed E-state index contributed by atoms with van der Waals surface area (Å²) in [6, 6.07) is 15.3. The van der Waals surface area contributed by atoms with Gasteiger partial charge in [0.2, 0.25) is 0 Å². The molecule has 0 bridgehead atoms. The second kappa shape index (κ2) is 5.81. The van der Waals surface area contributed by atoms with Crippen molar-refractivity contribution in [3.05, 3.63) is 66.1 Å². The number of esters is 1. The van der Waals surface area contributed by atoms with E-state index in [2.05, 4.69) is 9.97 Å². The highest BCUT2D eigenvalue weighted by molar-refractivity contribution is 5.95. The fourth-order valence-electron chi connectivity index (χ4n) is 2.18. The molecular weight excluding hydrogens is 283 g/mol. The van der Waals surface area contributed by atoms with Gasteiger partial charge in [-0.15, -0.1) is 0 Å². The molecule has 4 nitrogen and oxygen atoms in total. The maximum Gasteiger partial charge on any atom is 0.358 e. The highest BCUT2D eigenvalue weighted by Crippen LogP contribution is 2.26. The van der Waals surface area contributed by atoms with Gasteiger partial charge in [-0.05, 0) is 24.3 Å². The van der Waals surface area contributed by atoms with Crippen LogP contribution in [0.2, 0.25) is 0 Å². The van der Waals surface area contributed by atoms with Gasteiger partial charge >= 0.3 is 5.97 Å². The second-order valence-corrected chi connectivity index (χ2v) is 4.67. The zero-order valence-corrected chi connectivity index (χ0v) is 11.8. The van der Waals surface area contributed by atoms with E-state index >= 15 is 0 Å². The van der Waals surface area contributed by atoms with Crippen molar-refractivity contribution in [2.45, 2.75) is 0 Å². The Morgan fingerprint density at radius 1 is 1.05 bits per heavy atom. The minimum atomic E-state index is -0.544. The van der Waals surface area contributed by atoms with Crippen molar-refractivity contribution in [3.63, 3.8) is 0 Å². The Morgan fingerprint density at radius 3 is 2.36 bits per heavy atom. The minimum absolute atomic E-state index is 0.174. The molecule has 0 aliphatic heterocycles. The van der Waals surface area contributed by atoms with Gasteiger partial charge < -0.3 is 9.72 Å². The fraction of sp³-hybridized carbons (Fsp3) is 0.0588. The lowest BCUT2D eigenvalue weighted by Gasteiger charge is -2.01. The lowest BCUT2D eigenvalue weighted by Crippen LogP contribution is -2.03. The van der Waals surface area contributed by atoms with Crippen molar-refractivity contribution >= 4 is 5.97 Å². The van der Waals surface area contributed by atoms with E-state index in [1.165, 1.54) is 19.2 Å². The average molecular weight is 296 g/mol. The Morgan fingerprint density at radius 2 is 1.73 bits per heavy atom. The summed E-state index contributed by atoms with van der Waals surface area (Å²) in [6.07, 6.45) is 0. The number of carbonyl (C=O) groups is 1. The Hall–Kier alpha value is -2.95. The molecule has 0 saturated carbocycles. The van der Waals surface area contributed by atoms with Gasteiger partial charge in [0.1, 0.15) is 11.6 Å². The summed E-state index contributed by atoms with van der Waals surface area (Å²) >= 11 is 0. The van der Waals surface area contributed by atoms with E-state index in [1.54, 1.807) is 12.1 Å². The van der Waals surface area contributed by atoms with Crippen LogP contribution in [-0.4, -0.2) is 23.0 Å². The highest BCUT2D eigenvalue weighted by atomic mass is 19.1. The molecule has 0 aliphatic carbocycles. The first-order chi connectivity index (χ1) is 10.7. The molecule has 1 aromatic heterocycles. The lowest BCUT2D eigenvalue weighted by molar-refractivity contribution is 0.0595. The first-order valence-corrected chi connectivity index (χ1v) is 6.68. The Bertz CT molecular complexity index is 795. The minimum Gasteiger partial charge on any atom is -0.464 e. The first kappa shape index (κ1) is 14.0. The van der Waals surface area contributed by atoms with Crippen LogP contribution in [0.5, 0.6) is 0 Å². The smallest absolute Gasteiger partial charge is 0.358 e. The standard InChI is InChI=1S/C17H13FN2O2/c1-22-17(21)15-14(11-7-9-13(18)10-8-11)19-16(20-15)12-5-3-2-4-6-12/h2-10H,1H3,(H,19,20). The molecular formula is C17H13FN2O2. The third-order valence-corrected chi connectivity index (χ3v) is 3.26. The van der Waals surface area contributed by atoms with Crippen molar-refractivity contribution in [1.82, 2.24) is 9.97 Å². The largest absolute Gasteiger partial charge is 0.464 e. The Labute approximate surface area is 126 Å². The van der Waals surface area contributed by atoms with Crippen LogP contribution in [0.25, 0.3) is 22.6 Å². The third-order valence-electron chi connectivity index (χ3n) is 3.26. The number of nitrogens with zero attached hydrogens (tertiary/aromatic N) is 1. The van der Waals surface area contributed by atoms with Crippen molar-refractivity contribution in [1.29, 1.82) is 0 Å². The topological polar surface area (TPSA) is 55.0 Å². The van der Waals surface area contributed by atoms with E-state index in [0.717, 1.165) is 5.56 Å². The first-order valence-electron chi connectivity index (χ1n) is 6.68. The quantitative estimate of drug-likeness (QED) is 0.750. The SMILES string of the molecule is COC(=O)c1nc(-c2ccccc2)[nH]c1-c1ccc(F)cc1. The number of aromatic nitrogens is 2. The molecule has 0 spiro atoms. The predicted molar refractivity (Wildman–Crippen MR) is 80.8 cm³/mol. The van der Waals surface area contributed by atoms with Gasteiger partial charge in [0.05, 0.1) is 12.8 Å². The summed E-state index contributed by atoms with van der Waals surface area (Å²) in [6.45, 7) is 0. The normalized spacial score (nSPS) is 10.5. The summed E-state index contributed by atoms with van der Waals surface area (Å²) in [7, 11) is 1.30. The second-order valence-electron chi connectivity index (χ2n) is 4.67. The summed E-state index contributed by atoms with van der Waals surface area (Å²) in [5.74, 6) is -0.329. The number of methoxy groups -OCH3 is 1. The van der Waals surface area contributed by atoms with Gasteiger partial charge in [-0.2, -0.15) is 0 Å². The van der Waals surface area contributed by atoms with Gasteiger partial charge in [-0.25, -0.2) is 14.2 Å². The number of hydrogen-bond acceptors (Lipinski definition) is 3. The molecule has 1 heterocycles. The molecule has 0 unspecified atom stereocenters. The van der Waals surface area contributed by atoms with E-state index in [4.69, 9.17) is 4.74 Å². The zero-order valence-electron chi connectivity index (χ0n) is 11.8. The monoisotopic (exact) mass is 296 g/mol. The summed E-state index contributed by atoms with van der Waals surface area (Å²) in [5.41, 5.74) is 2.19. The van der Waals surface area contributed by atoms with Gasteiger partial charge in [0.25, 0.3) is 0 Å². The van der Waals surface area contributed by atoms with Crippen molar-refractivity contribution in [3.8, 4) is 22.6 Å². The molecule has 2 aromatic carbocycles. The van der Waals surface area contributed by atoms with Crippen LogP contribution in [0, 0.1) is 5.82 Å². The third kappa shape index (κ3) is 2.61. The molecule has 22 heavy (non-hydrogen) atoms.